The van der Waals surface area contributed by atoms with Crippen molar-refractivity contribution in [2.24, 2.45) is 0 Å². The quantitative estimate of drug-likeness (QED) is 0.886. The van der Waals surface area contributed by atoms with Gasteiger partial charge in [0.15, 0.2) is 0 Å². The van der Waals surface area contributed by atoms with E-state index in [0.717, 1.165) is 24.2 Å². The van der Waals surface area contributed by atoms with E-state index in [9.17, 15) is 0 Å². The van der Waals surface area contributed by atoms with Gasteiger partial charge in [-0.25, -0.2) is 0 Å². The van der Waals surface area contributed by atoms with Crippen molar-refractivity contribution in [2.75, 3.05) is 0 Å². The van der Waals surface area contributed by atoms with Crippen LogP contribution in [0.15, 0.2) is 24.3 Å². The van der Waals surface area contributed by atoms with Crippen LogP contribution in [0, 0.1) is 0 Å². The molecule has 0 spiro atoms. The van der Waals surface area contributed by atoms with Crippen LogP contribution in [0.1, 0.15) is 24.7 Å². The predicted molar refractivity (Wildman–Crippen MR) is 66.3 cm³/mol. The Morgan fingerprint density at radius 3 is 3.06 bits per heavy atom. The lowest BCUT2D eigenvalue weighted by Crippen LogP contribution is -1.88. The number of aromatic nitrogens is 2. The summed E-state index contributed by atoms with van der Waals surface area (Å²) in [6.07, 6.45) is 1.90. The van der Waals surface area contributed by atoms with Crippen molar-refractivity contribution in [3.8, 4) is 10.9 Å². The van der Waals surface area contributed by atoms with Crippen LogP contribution in [0.5, 0.6) is 10.9 Å². The van der Waals surface area contributed by atoms with Gasteiger partial charge < -0.3 is 9.84 Å². The van der Waals surface area contributed by atoms with Crippen molar-refractivity contribution in [1.29, 1.82) is 0 Å². The van der Waals surface area contributed by atoms with Crippen LogP contribution in [0.3, 0.4) is 0 Å². The molecule has 1 aromatic heterocycles. The van der Waals surface area contributed by atoms with E-state index in [0.29, 0.717) is 10.9 Å². The fourth-order valence-corrected chi connectivity index (χ4v) is 2.01. The standard InChI is InChI=1S/C12H14N2O2S/c1-2-4-11-13-12(17-14-11)16-10-6-3-5-9(7-10)8-15/h3,5-7,15H,2,4,8H2,1H3. The summed E-state index contributed by atoms with van der Waals surface area (Å²) in [5.74, 6) is 1.50. The van der Waals surface area contributed by atoms with Crippen molar-refractivity contribution in [2.45, 2.75) is 26.4 Å². The summed E-state index contributed by atoms with van der Waals surface area (Å²) in [5.41, 5.74) is 0.820. The number of rotatable bonds is 5. The molecule has 0 saturated heterocycles. The summed E-state index contributed by atoms with van der Waals surface area (Å²) in [6, 6.07) is 7.31. The molecule has 0 aliphatic rings. The van der Waals surface area contributed by atoms with Gasteiger partial charge in [-0.15, -0.1) is 0 Å². The third-order valence-electron chi connectivity index (χ3n) is 2.21. The summed E-state index contributed by atoms with van der Waals surface area (Å²) in [7, 11) is 0. The van der Waals surface area contributed by atoms with Crippen LogP contribution >= 0.6 is 11.5 Å². The molecule has 0 fully saturated rings. The molecule has 5 heteroatoms. The minimum atomic E-state index is 0.00834. The number of aryl methyl sites for hydroxylation is 1. The number of hydrogen-bond acceptors (Lipinski definition) is 5. The molecule has 1 heterocycles. The second kappa shape index (κ2) is 5.75. The van der Waals surface area contributed by atoms with Crippen LogP contribution in [0.25, 0.3) is 0 Å². The van der Waals surface area contributed by atoms with Crippen molar-refractivity contribution >= 4 is 11.5 Å². The normalized spacial score (nSPS) is 10.5. The van der Waals surface area contributed by atoms with Crippen LogP contribution in [-0.2, 0) is 13.0 Å². The van der Waals surface area contributed by atoms with Gasteiger partial charge in [0.2, 0.25) is 0 Å². The largest absolute Gasteiger partial charge is 0.430 e. The fourth-order valence-electron chi connectivity index (χ4n) is 1.41. The number of ether oxygens (including phenoxy) is 1. The van der Waals surface area contributed by atoms with Crippen molar-refractivity contribution in [3.05, 3.63) is 35.7 Å². The Labute approximate surface area is 104 Å². The summed E-state index contributed by atoms with van der Waals surface area (Å²) in [4.78, 5) is 4.27. The minimum Gasteiger partial charge on any atom is -0.430 e. The van der Waals surface area contributed by atoms with Gasteiger partial charge in [0.05, 0.1) is 6.61 Å². The van der Waals surface area contributed by atoms with Gasteiger partial charge in [-0.2, -0.15) is 9.36 Å². The van der Waals surface area contributed by atoms with E-state index >= 15 is 0 Å². The molecule has 90 valence electrons. The van der Waals surface area contributed by atoms with Crippen molar-refractivity contribution in [3.63, 3.8) is 0 Å². The summed E-state index contributed by atoms with van der Waals surface area (Å²) in [6.45, 7) is 2.10. The molecule has 0 radical (unpaired) electrons. The highest BCUT2D eigenvalue weighted by atomic mass is 32.1. The van der Waals surface area contributed by atoms with Crippen LogP contribution in [0.4, 0.5) is 0 Å². The maximum absolute atomic E-state index is 9.02. The smallest absolute Gasteiger partial charge is 0.298 e. The van der Waals surface area contributed by atoms with E-state index in [1.807, 2.05) is 18.2 Å². The first kappa shape index (κ1) is 12.0. The molecule has 0 atom stereocenters. The molecule has 4 nitrogen and oxygen atoms in total. The lowest BCUT2D eigenvalue weighted by atomic mass is 10.2. The highest BCUT2D eigenvalue weighted by Crippen LogP contribution is 2.24. The number of aliphatic hydroxyl groups is 1. The predicted octanol–water partition coefficient (Wildman–Crippen LogP) is 2.78. The fraction of sp³-hybridized carbons (Fsp3) is 0.333. The first-order valence-corrected chi connectivity index (χ1v) is 6.29. The maximum atomic E-state index is 9.02. The van der Waals surface area contributed by atoms with E-state index in [-0.39, 0.29) is 6.61 Å². The van der Waals surface area contributed by atoms with Gasteiger partial charge in [-0.3, -0.25) is 0 Å². The molecular formula is C12H14N2O2S. The lowest BCUT2D eigenvalue weighted by molar-refractivity contribution is 0.281. The van der Waals surface area contributed by atoms with Crippen LogP contribution in [-0.4, -0.2) is 14.5 Å². The van der Waals surface area contributed by atoms with Gasteiger partial charge in [0.25, 0.3) is 5.19 Å². The van der Waals surface area contributed by atoms with Crippen molar-refractivity contribution < 1.29 is 9.84 Å². The Morgan fingerprint density at radius 1 is 1.41 bits per heavy atom. The summed E-state index contributed by atoms with van der Waals surface area (Å²) in [5, 5.41) is 9.57. The molecule has 2 rings (SSSR count). The van der Waals surface area contributed by atoms with E-state index in [2.05, 4.69) is 16.3 Å². The topological polar surface area (TPSA) is 55.2 Å². The van der Waals surface area contributed by atoms with E-state index in [1.165, 1.54) is 11.5 Å². The highest BCUT2D eigenvalue weighted by molar-refractivity contribution is 7.07. The molecule has 0 saturated carbocycles. The Morgan fingerprint density at radius 2 is 2.29 bits per heavy atom. The van der Waals surface area contributed by atoms with Crippen molar-refractivity contribution in [1.82, 2.24) is 9.36 Å². The highest BCUT2D eigenvalue weighted by Gasteiger charge is 2.05. The second-order valence-corrected chi connectivity index (χ2v) is 4.35. The number of aliphatic hydroxyl groups excluding tert-OH is 1. The molecular weight excluding hydrogens is 236 g/mol. The Hall–Kier alpha value is -1.46. The summed E-state index contributed by atoms with van der Waals surface area (Å²) < 4.78 is 9.78. The van der Waals surface area contributed by atoms with Gasteiger partial charge in [0, 0.05) is 18.0 Å². The molecule has 0 amide bonds. The Bertz CT molecular complexity index is 485. The van der Waals surface area contributed by atoms with Gasteiger partial charge in [0.1, 0.15) is 11.6 Å². The zero-order chi connectivity index (χ0) is 12.1. The zero-order valence-corrected chi connectivity index (χ0v) is 10.4. The first-order chi connectivity index (χ1) is 8.31. The number of nitrogens with zero attached hydrogens (tertiary/aromatic N) is 2. The Balaban J connectivity index is 2.08. The van der Waals surface area contributed by atoms with E-state index in [4.69, 9.17) is 9.84 Å². The maximum Gasteiger partial charge on any atom is 0.298 e. The van der Waals surface area contributed by atoms with Gasteiger partial charge in [-0.05, 0) is 24.1 Å². The molecule has 0 bridgehead atoms. The second-order valence-electron chi connectivity index (χ2n) is 3.63. The monoisotopic (exact) mass is 250 g/mol. The lowest BCUT2D eigenvalue weighted by Gasteiger charge is -2.02. The average molecular weight is 250 g/mol. The molecule has 0 aliphatic heterocycles. The molecule has 0 aliphatic carbocycles. The molecule has 1 aromatic carbocycles. The van der Waals surface area contributed by atoms with Gasteiger partial charge >= 0.3 is 0 Å². The first-order valence-electron chi connectivity index (χ1n) is 5.52. The number of benzene rings is 1. The molecule has 1 N–H and O–H groups in total. The summed E-state index contributed by atoms with van der Waals surface area (Å²) >= 11 is 1.25. The van der Waals surface area contributed by atoms with Crippen LogP contribution in [0.2, 0.25) is 0 Å². The Kier molecular flexibility index (Phi) is 4.06. The van der Waals surface area contributed by atoms with E-state index in [1.54, 1.807) is 6.07 Å². The van der Waals surface area contributed by atoms with Gasteiger partial charge in [-0.1, -0.05) is 19.1 Å². The van der Waals surface area contributed by atoms with E-state index < -0.39 is 0 Å². The number of hydrogen-bond donors (Lipinski definition) is 1. The average Bonchev–Trinajstić information content (AvgIpc) is 2.77. The zero-order valence-electron chi connectivity index (χ0n) is 9.59. The third-order valence-corrected chi connectivity index (χ3v) is 2.84. The molecule has 17 heavy (non-hydrogen) atoms. The van der Waals surface area contributed by atoms with Crippen LogP contribution < -0.4 is 4.74 Å². The molecule has 2 aromatic rings. The molecule has 0 unspecified atom stereocenters. The minimum absolute atomic E-state index is 0.00834. The SMILES string of the molecule is CCCc1nsc(Oc2cccc(CO)c2)n1. The third kappa shape index (κ3) is 3.25.